The number of hydrogen-bond acceptors (Lipinski definition) is 2. The van der Waals surface area contributed by atoms with Crippen LogP contribution >= 0.6 is 0 Å². The Labute approximate surface area is 203 Å². The molecule has 5 heteroatoms. The smallest absolute Gasteiger partial charge is 0.399 e. The lowest BCUT2D eigenvalue weighted by molar-refractivity contribution is 0.00578. The van der Waals surface area contributed by atoms with Crippen molar-refractivity contribution in [2.24, 2.45) is 0 Å². The number of nitrogens with zero attached hydrogens (tertiary/aromatic N) is 2. The Morgan fingerprint density at radius 3 is 1.66 bits per heavy atom. The van der Waals surface area contributed by atoms with E-state index in [2.05, 4.69) is 115 Å². The maximum absolute atomic E-state index is 6.59. The normalized spacial score (nSPS) is 17.9. The summed E-state index contributed by atoms with van der Waals surface area (Å²) in [6, 6.07) is 28.5. The minimum absolute atomic E-state index is 0.408. The van der Waals surface area contributed by atoms with Gasteiger partial charge in [0.2, 0.25) is 0 Å². The summed E-state index contributed by atoms with van der Waals surface area (Å²) in [7, 11) is -0.450. The van der Waals surface area contributed by atoms with Crippen LogP contribution in [0.15, 0.2) is 78.9 Å². The molecule has 1 aliphatic rings. The predicted molar refractivity (Wildman–Crippen MR) is 145 cm³/mol. The average molecular weight is 456 g/mol. The Morgan fingerprint density at radius 1 is 0.514 bits per heavy atom. The summed E-state index contributed by atoms with van der Waals surface area (Å²) in [6.45, 7) is 8.46. The van der Waals surface area contributed by atoms with Crippen molar-refractivity contribution >= 4 is 67.2 Å². The van der Waals surface area contributed by atoms with E-state index in [-0.39, 0.29) is 0 Å². The van der Waals surface area contributed by atoms with Crippen molar-refractivity contribution in [1.29, 1.82) is 0 Å². The van der Waals surface area contributed by atoms with E-state index in [9.17, 15) is 0 Å². The van der Waals surface area contributed by atoms with Crippen molar-refractivity contribution in [2.45, 2.75) is 38.9 Å². The van der Waals surface area contributed by atoms with E-state index >= 15 is 0 Å². The lowest BCUT2D eigenvalue weighted by atomic mass is 9.78. The molecule has 4 aromatic carbocycles. The summed E-state index contributed by atoms with van der Waals surface area (Å²) in [6.07, 6.45) is 0. The van der Waals surface area contributed by atoms with E-state index in [1.165, 1.54) is 43.6 Å². The van der Waals surface area contributed by atoms with Crippen LogP contribution < -0.4 is 5.46 Å². The van der Waals surface area contributed by atoms with Crippen LogP contribution in [0.5, 0.6) is 0 Å². The quantitative estimate of drug-likeness (QED) is 0.207. The molecule has 0 bridgehead atoms. The van der Waals surface area contributed by atoms with Crippen LogP contribution in [0.25, 0.3) is 54.6 Å². The van der Waals surface area contributed by atoms with Crippen LogP contribution in [-0.4, -0.2) is 27.1 Å². The molecule has 0 radical (unpaired) electrons. The van der Waals surface area contributed by atoms with Crippen LogP contribution in [0.3, 0.4) is 0 Å². The third kappa shape index (κ3) is 2.26. The second-order valence-corrected chi connectivity index (χ2v) is 10.9. The molecule has 7 aromatic rings. The molecule has 4 heterocycles. The van der Waals surface area contributed by atoms with E-state index in [1.54, 1.807) is 0 Å². The lowest BCUT2D eigenvalue weighted by Crippen LogP contribution is -2.41. The Hall–Kier alpha value is -3.54. The molecule has 0 N–H and O–H groups in total. The van der Waals surface area contributed by atoms with E-state index in [0.29, 0.717) is 0 Å². The highest BCUT2D eigenvalue weighted by molar-refractivity contribution is 6.65. The van der Waals surface area contributed by atoms with Crippen LogP contribution in [0.1, 0.15) is 27.7 Å². The van der Waals surface area contributed by atoms with Gasteiger partial charge < -0.3 is 18.1 Å². The van der Waals surface area contributed by atoms with E-state index in [1.807, 2.05) is 0 Å². The Balaban J connectivity index is 1.66. The van der Waals surface area contributed by atoms with Gasteiger partial charge in [0.1, 0.15) is 0 Å². The summed E-state index contributed by atoms with van der Waals surface area (Å²) >= 11 is 0. The van der Waals surface area contributed by atoms with E-state index in [0.717, 1.165) is 16.5 Å². The molecule has 1 fully saturated rings. The van der Waals surface area contributed by atoms with E-state index in [4.69, 9.17) is 9.31 Å². The molecule has 170 valence electrons. The third-order valence-corrected chi connectivity index (χ3v) is 8.49. The van der Waals surface area contributed by atoms with Gasteiger partial charge in [0, 0.05) is 27.0 Å². The Kier molecular flexibility index (Phi) is 3.48. The van der Waals surface area contributed by atoms with Gasteiger partial charge in [-0.05, 0) is 45.9 Å². The van der Waals surface area contributed by atoms with Gasteiger partial charge in [-0.15, -0.1) is 0 Å². The van der Waals surface area contributed by atoms with Crippen LogP contribution in [0.2, 0.25) is 0 Å². The maximum atomic E-state index is 6.59. The van der Waals surface area contributed by atoms with Crippen molar-refractivity contribution in [1.82, 2.24) is 8.80 Å². The number of para-hydroxylation sites is 3. The first-order valence-corrected chi connectivity index (χ1v) is 12.3. The van der Waals surface area contributed by atoms with Crippen molar-refractivity contribution in [3.63, 3.8) is 0 Å². The highest BCUT2D eigenvalue weighted by Gasteiger charge is 2.52. The molecular weight excluding hydrogens is 431 g/mol. The monoisotopic (exact) mass is 456 g/mol. The van der Waals surface area contributed by atoms with Gasteiger partial charge in [0.15, 0.2) is 0 Å². The number of fused-ring (bicyclic) bond motifs is 9. The zero-order valence-corrected chi connectivity index (χ0v) is 20.3. The van der Waals surface area contributed by atoms with E-state index < -0.39 is 18.3 Å². The van der Waals surface area contributed by atoms with Crippen LogP contribution in [0, 0.1) is 0 Å². The molecule has 1 aliphatic heterocycles. The number of rotatable bonds is 1. The van der Waals surface area contributed by atoms with Gasteiger partial charge in [-0.25, -0.2) is 0 Å². The van der Waals surface area contributed by atoms with Crippen LogP contribution in [-0.2, 0) is 9.31 Å². The SMILES string of the molecule is CC1(C)OB(c2cccc3c2n2c4ccccc4c4ccc5c6ccccc6n3c5c42)OC1(C)C. The fourth-order valence-corrected chi connectivity index (χ4v) is 6.12. The first-order chi connectivity index (χ1) is 16.9. The molecule has 0 saturated carbocycles. The average Bonchev–Trinajstić information content (AvgIpc) is 3.43. The highest BCUT2D eigenvalue weighted by atomic mass is 16.7. The summed E-state index contributed by atoms with van der Waals surface area (Å²) in [4.78, 5) is 0. The molecule has 1 saturated heterocycles. The van der Waals surface area contributed by atoms with Gasteiger partial charge in [0.25, 0.3) is 0 Å². The first kappa shape index (κ1) is 19.7. The number of hydrogen-bond donors (Lipinski definition) is 0. The minimum atomic E-state index is -0.450. The largest absolute Gasteiger partial charge is 0.497 e. The fourth-order valence-electron chi connectivity index (χ4n) is 6.12. The molecule has 0 aliphatic carbocycles. The molecule has 4 nitrogen and oxygen atoms in total. The van der Waals surface area contributed by atoms with Gasteiger partial charge in [-0.1, -0.05) is 60.7 Å². The van der Waals surface area contributed by atoms with Gasteiger partial charge in [-0.2, -0.15) is 0 Å². The lowest BCUT2D eigenvalue weighted by Gasteiger charge is -2.32. The first-order valence-electron chi connectivity index (χ1n) is 12.3. The molecule has 0 unspecified atom stereocenters. The van der Waals surface area contributed by atoms with Crippen molar-refractivity contribution in [3.8, 4) is 0 Å². The molecule has 0 atom stereocenters. The molecular formula is C30H25BN2O2. The predicted octanol–water partition coefficient (Wildman–Crippen LogP) is 6.54. The van der Waals surface area contributed by atoms with Crippen molar-refractivity contribution in [3.05, 3.63) is 78.9 Å². The van der Waals surface area contributed by atoms with Crippen molar-refractivity contribution in [2.75, 3.05) is 0 Å². The zero-order chi connectivity index (χ0) is 23.7. The molecule has 0 amide bonds. The Morgan fingerprint density at radius 2 is 1.03 bits per heavy atom. The molecule has 8 rings (SSSR count). The molecule has 3 aromatic heterocycles. The number of aromatic nitrogens is 2. The Bertz CT molecular complexity index is 1960. The van der Waals surface area contributed by atoms with Gasteiger partial charge in [-0.3, -0.25) is 0 Å². The maximum Gasteiger partial charge on any atom is 0.497 e. The summed E-state index contributed by atoms with van der Waals surface area (Å²) in [5.74, 6) is 0. The molecule has 0 spiro atoms. The summed E-state index contributed by atoms with van der Waals surface area (Å²) < 4.78 is 18.1. The topological polar surface area (TPSA) is 27.3 Å². The fraction of sp³-hybridized carbons (Fsp3) is 0.200. The second kappa shape index (κ2) is 6.17. The van der Waals surface area contributed by atoms with Gasteiger partial charge >= 0.3 is 7.12 Å². The summed E-state index contributed by atoms with van der Waals surface area (Å²) in [5, 5.41) is 5.09. The highest BCUT2D eigenvalue weighted by Crippen LogP contribution is 2.42. The zero-order valence-electron chi connectivity index (χ0n) is 20.3. The second-order valence-electron chi connectivity index (χ2n) is 10.9. The van der Waals surface area contributed by atoms with Gasteiger partial charge in [0.05, 0.1) is 44.3 Å². The number of benzene rings is 4. The summed E-state index contributed by atoms with van der Waals surface area (Å²) in [5.41, 5.74) is 7.47. The standard InChI is InChI=1S/C30H25BN2O2/c1-29(2)30(3,4)35-31(34-29)22-12-9-15-25-28(22)33-24-14-8-6-11-19(24)21-17-16-20-18-10-5-7-13-23(18)32(25)26(20)27(21)33/h5-17H,1-4H3. The minimum Gasteiger partial charge on any atom is -0.399 e. The molecule has 35 heavy (non-hydrogen) atoms. The van der Waals surface area contributed by atoms with Crippen molar-refractivity contribution < 1.29 is 9.31 Å². The van der Waals surface area contributed by atoms with Crippen LogP contribution in [0.4, 0.5) is 0 Å². The third-order valence-electron chi connectivity index (χ3n) is 8.49.